The largest absolute Gasteiger partial charge is 0.335 e. The SMILES string of the molecule is C[C@@H](NCC(=O)N(C1CCCCC1)[C@H]1CCS(=O)(=O)C1)c1ccc(-c2ccccc2)cc1. The summed E-state index contributed by atoms with van der Waals surface area (Å²) in [6.07, 6.45) is 5.98. The molecule has 4 rings (SSSR count). The summed E-state index contributed by atoms with van der Waals surface area (Å²) >= 11 is 0. The van der Waals surface area contributed by atoms with E-state index in [9.17, 15) is 13.2 Å². The molecule has 1 aliphatic heterocycles. The van der Waals surface area contributed by atoms with Crippen LogP contribution in [0.2, 0.25) is 0 Å². The van der Waals surface area contributed by atoms with Crippen LogP contribution >= 0.6 is 0 Å². The van der Waals surface area contributed by atoms with Crippen molar-refractivity contribution in [1.82, 2.24) is 10.2 Å². The molecule has 0 bridgehead atoms. The van der Waals surface area contributed by atoms with Crippen LogP contribution in [0.4, 0.5) is 0 Å². The highest BCUT2D eigenvalue weighted by Crippen LogP contribution is 2.28. The highest BCUT2D eigenvalue weighted by atomic mass is 32.2. The molecule has 1 saturated heterocycles. The molecule has 0 aromatic heterocycles. The fraction of sp³-hybridized carbons (Fsp3) is 0.500. The topological polar surface area (TPSA) is 66.5 Å². The number of nitrogens with one attached hydrogen (secondary N) is 1. The molecule has 0 spiro atoms. The molecule has 2 aromatic carbocycles. The van der Waals surface area contributed by atoms with Crippen molar-refractivity contribution in [2.75, 3.05) is 18.1 Å². The second kappa shape index (κ2) is 10.2. The number of carbonyl (C=O) groups is 1. The van der Waals surface area contributed by atoms with Gasteiger partial charge in [0, 0.05) is 18.1 Å². The molecular formula is C26H34N2O3S. The van der Waals surface area contributed by atoms with E-state index < -0.39 is 9.84 Å². The third-order valence-electron chi connectivity index (χ3n) is 6.94. The molecule has 5 nitrogen and oxygen atoms in total. The molecule has 2 aromatic rings. The van der Waals surface area contributed by atoms with Crippen molar-refractivity contribution in [2.45, 2.75) is 63.6 Å². The summed E-state index contributed by atoms with van der Waals surface area (Å²) < 4.78 is 24.2. The van der Waals surface area contributed by atoms with Crippen molar-refractivity contribution in [2.24, 2.45) is 0 Å². The Morgan fingerprint density at radius 2 is 1.59 bits per heavy atom. The fourth-order valence-electron chi connectivity index (χ4n) is 5.10. The van der Waals surface area contributed by atoms with E-state index in [4.69, 9.17) is 0 Å². The Morgan fingerprint density at radius 1 is 0.938 bits per heavy atom. The lowest BCUT2D eigenvalue weighted by Gasteiger charge is -2.38. The third-order valence-corrected chi connectivity index (χ3v) is 8.69. The second-order valence-corrected chi connectivity index (χ2v) is 11.5. The average Bonchev–Trinajstić information content (AvgIpc) is 3.18. The smallest absolute Gasteiger partial charge is 0.237 e. The maximum absolute atomic E-state index is 13.3. The van der Waals surface area contributed by atoms with E-state index in [1.54, 1.807) is 0 Å². The van der Waals surface area contributed by atoms with E-state index in [0.29, 0.717) is 6.42 Å². The molecule has 1 heterocycles. The summed E-state index contributed by atoms with van der Waals surface area (Å²) in [6, 6.07) is 18.7. The van der Waals surface area contributed by atoms with Gasteiger partial charge in [-0.3, -0.25) is 4.79 Å². The Kier molecular flexibility index (Phi) is 7.31. The molecule has 2 aliphatic rings. The number of hydrogen-bond donors (Lipinski definition) is 1. The summed E-state index contributed by atoms with van der Waals surface area (Å²) in [5.41, 5.74) is 3.48. The standard InChI is InChI=1S/C26H34N2O3S/c1-20(21-12-14-23(15-13-21)22-8-4-2-5-9-22)27-18-26(29)28(24-10-6-3-7-11-24)25-16-17-32(30,31)19-25/h2,4-5,8-9,12-15,20,24-25,27H,3,6-7,10-11,16-19H2,1H3/t20-,25+/m1/s1. The maximum atomic E-state index is 13.3. The van der Waals surface area contributed by atoms with Gasteiger partial charge < -0.3 is 10.2 Å². The first-order valence-electron chi connectivity index (χ1n) is 11.8. The first kappa shape index (κ1) is 23.0. The van der Waals surface area contributed by atoms with E-state index >= 15 is 0 Å². The number of rotatable bonds is 7. The maximum Gasteiger partial charge on any atom is 0.237 e. The monoisotopic (exact) mass is 454 g/mol. The van der Waals surface area contributed by atoms with Gasteiger partial charge in [0.2, 0.25) is 5.91 Å². The van der Waals surface area contributed by atoms with Gasteiger partial charge in [0.25, 0.3) is 0 Å². The Bertz CT molecular complexity index is 999. The van der Waals surface area contributed by atoms with Gasteiger partial charge in [-0.25, -0.2) is 8.42 Å². The number of nitrogens with zero attached hydrogens (tertiary/aromatic N) is 1. The molecule has 32 heavy (non-hydrogen) atoms. The molecule has 0 radical (unpaired) electrons. The van der Waals surface area contributed by atoms with Crippen LogP contribution in [0.3, 0.4) is 0 Å². The average molecular weight is 455 g/mol. The number of amides is 1. The second-order valence-electron chi connectivity index (χ2n) is 9.24. The molecule has 1 amide bonds. The van der Waals surface area contributed by atoms with Crippen LogP contribution in [0.5, 0.6) is 0 Å². The molecule has 172 valence electrons. The lowest BCUT2D eigenvalue weighted by Crippen LogP contribution is -2.51. The van der Waals surface area contributed by atoms with E-state index in [2.05, 4.69) is 48.6 Å². The minimum absolute atomic E-state index is 0.0317. The molecule has 0 unspecified atom stereocenters. The Hall–Kier alpha value is -2.18. The lowest BCUT2D eigenvalue weighted by atomic mass is 9.92. The van der Waals surface area contributed by atoms with Gasteiger partial charge in [0.05, 0.1) is 18.1 Å². The van der Waals surface area contributed by atoms with Gasteiger partial charge in [-0.2, -0.15) is 0 Å². The number of hydrogen-bond acceptors (Lipinski definition) is 4. The minimum atomic E-state index is -3.03. The third kappa shape index (κ3) is 5.59. The number of carbonyl (C=O) groups excluding carboxylic acids is 1. The van der Waals surface area contributed by atoms with Gasteiger partial charge in [-0.15, -0.1) is 0 Å². The van der Waals surface area contributed by atoms with Gasteiger partial charge in [0.1, 0.15) is 0 Å². The van der Waals surface area contributed by atoms with Crippen molar-refractivity contribution >= 4 is 15.7 Å². The normalized spacial score (nSPS) is 21.8. The Labute approximate surface area is 192 Å². The highest BCUT2D eigenvalue weighted by molar-refractivity contribution is 7.91. The van der Waals surface area contributed by atoms with Gasteiger partial charge in [-0.1, -0.05) is 73.9 Å². The first-order chi connectivity index (χ1) is 15.4. The molecule has 1 aliphatic carbocycles. The summed E-state index contributed by atoms with van der Waals surface area (Å²) in [5, 5.41) is 3.38. The van der Waals surface area contributed by atoms with Crippen LogP contribution in [-0.2, 0) is 14.6 Å². The van der Waals surface area contributed by atoms with Crippen LogP contribution in [0.25, 0.3) is 11.1 Å². The molecule has 1 saturated carbocycles. The first-order valence-corrected chi connectivity index (χ1v) is 13.7. The van der Waals surface area contributed by atoms with Gasteiger partial charge in [0.15, 0.2) is 9.84 Å². The van der Waals surface area contributed by atoms with E-state index in [1.165, 1.54) is 17.5 Å². The highest BCUT2D eigenvalue weighted by Gasteiger charge is 2.38. The predicted molar refractivity (Wildman–Crippen MR) is 129 cm³/mol. The van der Waals surface area contributed by atoms with Crippen LogP contribution in [0, 0.1) is 0 Å². The Morgan fingerprint density at radius 3 is 2.22 bits per heavy atom. The summed E-state index contributed by atoms with van der Waals surface area (Å²) in [7, 11) is -3.03. The van der Waals surface area contributed by atoms with Crippen molar-refractivity contribution in [1.29, 1.82) is 0 Å². The van der Waals surface area contributed by atoms with Crippen LogP contribution < -0.4 is 5.32 Å². The van der Waals surface area contributed by atoms with Crippen LogP contribution in [0.15, 0.2) is 54.6 Å². The van der Waals surface area contributed by atoms with E-state index in [-0.39, 0.29) is 42.1 Å². The summed E-state index contributed by atoms with van der Waals surface area (Å²) in [5.74, 6) is 0.351. The number of sulfone groups is 1. The lowest BCUT2D eigenvalue weighted by molar-refractivity contribution is -0.135. The van der Waals surface area contributed by atoms with E-state index in [1.807, 2.05) is 23.1 Å². The molecule has 6 heteroatoms. The fourth-order valence-corrected chi connectivity index (χ4v) is 6.82. The molecular weight excluding hydrogens is 420 g/mol. The van der Waals surface area contributed by atoms with Crippen LogP contribution in [-0.4, -0.2) is 49.4 Å². The van der Waals surface area contributed by atoms with Crippen molar-refractivity contribution in [3.63, 3.8) is 0 Å². The molecule has 2 fully saturated rings. The van der Waals surface area contributed by atoms with Crippen LogP contribution in [0.1, 0.15) is 57.1 Å². The van der Waals surface area contributed by atoms with Gasteiger partial charge in [-0.05, 0) is 42.9 Å². The number of benzene rings is 2. The van der Waals surface area contributed by atoms with E-state index in [0.717, 1.165) is 31.2 Å². The quantitative estimate of drug-likeness (QED) is 0.675. The molecule has 2 atom stereocenters. The minimum Gasteiger partial charge on any atom is -0.335 e. The van der Waals surface area contributed by atoms with Crippen molar-refractivity contribution < 1.29 is 13.2 Å². The Balaban J connectivity index is 1.39. The zero-order chi connectivity index (χ0) is 22.6. The van der Waals surface area contributed by atoms with Crippen molar-refractivity contribution in [3.05, 3.63) is 60.2 Å². The molecule has 1 N–H and O–H groups in total. The summed E-state index contributed by atoms with van der Waals surface area (Å²) in [4.78, 5) is 15.2. The summed E-state index contributed by atoms with van der Waals surface area (Å²) in [6.45, 7) is 2.30. The van der Waals surface area contributed by atoms with Gasteiger partial charge >= 0.3 is 0 Å². The van der Waals surface area contributed by atoms with Crippen molar-refractivity contribution in [3.8, 4) is 11.1 Å². The zero-order valence-electron chi connectivity index (χ0n) is 18.9. The predicted octanol–water partition coefficient (Wildman–Crippen LogP) is 4.35. The zero-order valence-corrected chi connectivity index (χ0v) is 19.7.